The molecule has 1 unspecified atom stereocenters. The lowest BCUT2D eigenvalue weighted by Crippen LogP contribution is -2.53. The molecule has 2 N–H and O–H groups in total. The van der Waals surface area contributed by atoms with E-state index < -0.39 is 5.60 Å². The minimum absolute atomic E-state index is 0.0669. The molecule has 114 valence electrons. The summed E-state index contributed by atoms with van der Waals surface area (Å²) in [6.07, 6.45) is 7.34. The van der Waals surface area contributed by atoms with Gasteiger partial charge in [0, 0.05) is 13.6 Å². The number of likely N-dealkylation sites (tertiary alicyclic amines) is 1. The third kappa shape index (κ3) is 3.51. The fourth-order valence-corrected chi connectivity index (χ4v) is 3.44. The molecule has 20 heavy (non-hydrogen) atoms. The van der Waals surface area contributed by atoms with E-state index in [-0.39, 0.29) is 24.3 Å². The van der Waals surface area contributed by atoms with E-state index >= 15 is 0 Å². The summed E-state index contributed by atoms with van der Waals surface area (Å²) in [5, 5.41) is 13.1. The van der Waals surface area contributed by atoms with Crippen LogP contribution in [0, 0.1) is 0 Å². The minimum atomic E-state index is -0.847. The van der Waals surface area contributed by atoms with E-state index in [9.17, 15) is 14.7 Å². The zero-order valence-corrected chi connectivity index (χ0v) is 12.4. The van der Waals surface area contributed by atoms with Gasteiger partial charge in [0.25, 0.3) is 0 Å². The number of hydrogen-bond donors (Lipinski definition) is 2. The molecule has 1 aliphatic carbocycles. The zero-order valence-electron chi connectivity index (χ0n) is 12.4. The van der Waals surface area contributed by atoms with E-state index in [4.69, 9.17) is 0 Å². The van der Waals surface area contributed by atoms with Crippen LogP contribution in [0.15, 0.2) is 0 Å². The molecular formula is C15H26N2O3. The van der Waals surface area contributed by atoms with Crippen LogP contribution in [0.1, 0.15) is 57.8 Å². The average molecular weight is 282 g/mol. The van der Waals surface area contributed by atoms with Crippen molar-refractivity contribution in [3.8, 4) is 0 Å². The molecule has 0 spiro atoms. The van der Waals surface area contributed by atoms with Crippen LogP contribution in [0.25, 0.3) is 0 Å². The summed E-state index contributed by atoms with van der Waals surface area (Å²) in [5.74, 6) is -0.156. The lowest BCUT2D eigenvalue weighted by molar-refractivity contribution is -0.147. The van der Waals surface area contributed by atoms with Gasteiger partial charge in [-0.3, -0.25) is 9.59 Å². The Morgan fingerprint density at radius 3 is 2.55 bits per heavy atom. The predicted molar refractivity (Wildman–Crippen MR) is 76.1 cm³/mol. The first-order valence-electron chi connectivity index (χ1n) is 7.79. The van der Waals surface area contributed by atoms with Gasteiger partial charge in [-0.25, -0.2) is 0 Å². The van der Waals surface area contributed by atoms with Gasteiger partial charge in [-0.1, -0.05) is 19.3 Å². The van der Waals surface area contributed by atoms with Crippen LogP contribution in [-0.2, 0) is 9.59 Å². The third-order valence-corrected chi connectivity index (χ3v) is 4.64. The van der Waals surface area contributed by atoms with Crippen molar-refractivity contribution >= 4 is 11.8 Å². The molecule has 0 bridgehead atoms. The van der Waals surface area contributed by atoms with Crippen LogP contribution in [0.4, 0.5) is 0 Å². The summed E-state index contributed by atoms with van der Waals surface area (Å²) in [6.45, 7) is 0.632. The standard InChI is InChI=1S/C15H26N2O3/c1-16-14(19)12-7-3-6-10-17(12)13(18)11-15(20)8-4-2-5-9-15/h12,20H,2-11H2,1H3,(H,16,19). The van der Waals surface area contributed by atoms with Crippen molar-refractivity contribution in [2.45, 2.75) is 69.4 Å². The van der Waals surface area contributed by atoms with Gasteiger partial charge in [0.1, 0.15) is 6.04 Å². The highest BCUT2D eigenvalue weighted by Crippen LogP contribution is 2.32. The maximum atomic E-state index is 12.5. The molecule has 1 aliphatic heterocycles. The summed E-state index contributed by atoms with van der Waals surface area (Å²) in [7, 11) is 1.61. The zero-order chi connectivity index (χ0) is 14.6. The van der Waals surface area contributed by atoms with Gasteiger partial charge in [-0.15, -0.1) is 0 Å². The molecule has 2 amide bonds. The quantitative estimate of drug-likeness (QED) is 0.817. The number of carbonyl (C=O) groups excluding carboxylic acids is 2. The first-order chi connectivity index (χ1) is 9.56. The van der Waals surface area contributed by atoms with Crippen molar-refractivity contribution in [3.05, 3.63) is 0 Å². The first kappa shape index (κ1) is 15.3. The fourth-order valence-electron chi connectivity index (χ4n) is 3.44. The molecule has 1 atom stereocenters. The van der Waals surface area contributed by atoms with Crippen molar-refractivity contribution in [1.82, 2.24) is 10.2 Å². The number of rotatable bonds is 3. The molecule has 5 heteroatoms. The van der Waals surface area contributed by atoms with Gasteiger partial charge in [0.05, 0.1) is 12.0 Å². The van der Waals surface area contributed by atoms with Crippen LogP contribution in [0.2, 0.25) is 0 Å². The van der Waals surface area contributed by atoms with Gasteiger partial charge in [0.2, 0.25) is 11.8 Å². The number of likely N-dealkylation sites (N-methyl/N-ethyl adjacent to an activating group) is 1. The minimum Gasteiger partial charge on any atom is -0.389 e. The SMILES string of the molecule is CNC(=O)C1CCCCN1C(=O)CC1(O)CCCCC1. The molecule has 1 saturated carbocycles. The summed E-state index contributed by atoms with van der Waals surface area (Å²) in [5.41, 5.74) is -0.847. The number of aliphatic hydroxyl groups is 1. The fraction of sp³-hybridized carbons (Fsp3) is 0.867. The first-order valence-corrected chi connectivity index (χ1v) is 7.79. The van der Waals surface area contributed by atoms with Crippen molar-refractivity contribution in [2.24, 2.45) is 0 Å². The lowest BCUT2D eigenvalue weighted by Gasteiger charge is -2.38. The number of piperidine rings is 1. The van der Waals surface area contributed by atoms with Crippen LogP contribution in [0.5, 0.6) is 0 Å². The monoisotopic (exact) mass is 282 g/mol. The smallest absolute Gasteiger partial charge is 0.242 e. The molecule has 2 fully saturated rings. The second kappa shape index (κ2) is 6.57. The Bertz CT molecular complexity index is 364. The number of nitrogens with one attached hydrogen (secondary N) is 1. The summed E-state index contributed by atoms with van der Waals surface area (Å²) in [6, 6.07) is -0.353. The van der Waals surface area contributed by atoms with Gasteiger partial charge in [-0.05, 0) is 32.1 Å². The molecule has 2 aliphatic rings. The van der Waals surface area contributed by atoms with Crippen LogP contribution >= 0.6 is 0 Å². The Labute approximate surface area is 120 Å². The van der Waals surface area contributed by atoms with Gasteiger partial charge in [-0.2, -0.15) is 0 Å². The van der Waals surface area contributed by atoms with E-state index in [2.05, 4.69) is 5.32 Å². The van der Waals surface area contributed by atoms with Gasteiger partial charge < -0.3 is 15.3 Å². The Morgan fingerprint density at radius 1 is 1.20 bits per heavy atom. The third-order valence-electron chi connectivity index (χ3n) is 4.64. The van der Waals surface area contributed by atoms with Crippen LogP contribution in [-0.4, -0.2) is 47.1 Å². The number of amides is 2. The average Bonchev–Trinajstić information content (AvgIpc) is 2.46. The van der Waals surface area contributed by atoms with Crippen molar-refractivity contribution in [2.75, 3.05) is 13.6 Å². The second-order valence-corrected chi connectivity index (χ2v) is 6.17. The number of hydrogen-bond acceptors (Lipinski definition) is 3. The Kier molecular flexibility index (Phi) is 5.02. The van der Waals surface area contributed by atoms with E-state index in [0.29, 0.717) is 19.4 Å². The predicted octanol–water partition coefficient (Wildman–Crippen LogP) is 1.20. The van der Waals surface area contributed by atoms with Crippen LogP contribution < -0.4 is 5.32 Å². The summed E-state index contributed by atoms with van der Waals surface area (Å²) in [4.78, 5) is 26.1. The molecule has 0 radical (unpaired) electrons. The molecular weight excluding hydrogens is 256 g/mol. The van der Waals surface area contributed by atoms with E-state index in [0.717, 1.165) is 38.5 Å². The molecule has 0 aromatic rings. The normalized spacial score (nSPS) is 26.1. The van der Waals surface area contributed by atoms with Crippen LogP contribution in [0.3, 0.4) is 0 Å². The molecule has 2 rings (SSSR count). The van der Waals surface area contributed by atoms with Crippen molar-refractivity contribution < 1.29 is 14.7 Å². The van der Waals surface area contributed by atoms with Crippen molar-refractivity contribution in [1.29, 1.82) is 0 Å². The lowest BCUT2D eigenvalue weighted by atomic mass is 9.82. The maximum Gasteiger partial charge on any atom is 0.242 e. The Hall–Kier alpha value is -1.10. The topological polar surface area (TPSA) is 69.6 Å². The maximum absolute atomic E-state index is 12.5. The molecule has 0 aromatic carbocycles. The van der Waals surface area contributed by atoms with E-state index in [1.165, 1.54) is 0 Å². The Balaban J connectivity index is 2.00. The van der Waals surface area contributed by atoms with E-state index in [1.807, 2.05) is 0 Å². The van der Waals surface area contributed by atoms with Gasteiger partial charge in [0.15, 0.2) is 0 Å². The molecule has 5 nitrogen and oxygen atoms in total. The summed E-state index contributed by atoms with van der Waals surface area (Å²) >= 11 is 0. The summed E-state index contributed by atoms with van der Waals surface area (Å²) < 4.78 is 0. The second-order valence-electron chi connectivity index (χ2n) is 6.17. The molecule has 1 saturated heterocycles. The largest absolute Gasteiger partial charge is 0.389 e. The van der Waals surface area contributed by atoms with E-state index in [1.54, 1.807) is 11.9 Å². The number of nitrogens with zero attached hydrogens (tertiary/aromatic N) is 1. The van der Waals surface area contributed by atoms with Crippen molar-refractivity contribution in [3.63, 3.8) is 0 Å². The molecule has 0 aromatic heterocycles. The number of carbonyl (C=O) groups is 2. The highest BCUT2D eigenvalue weighted by molar-refractivity contribution is 5.88. The molecule has 1 heterocycles. The highest BCUT2D eigenvalue weighted by Gasteiger charge is 2.37. The van der Waals surface area contributed by atoms with Gasteiger partial charge >= 0.3 is 0 Å². The highest BCUT2D eigenvalue weighted by atomic mass is 16.3. The Morgan fingerprint density at radius 2 is 1.90 bits per heavy atom.